The highest BCUT2D eigenvalue weighted by Crippen LogP contribution is 2.41. The van der Waals surface area contributed by atoms with Gasteiger partial charge < -0.3 is 4.79 Å². The first-order valence-corrected chi connectivity index (χ1v) is 4.68. The van der Waals surface area contributed by atoms with E-state index in [1.54, 1.807) is 0 Å². The summed E-state index contributed by atoms with van der Waals surface area (Å²) >= 11 is 0. The molecule has 0 saturated heterocycles. The first-order valence-electron chi connectivity index (χ1n) is 4.68. The lowest BCUT2D eigenvalue weighted by molar-refractivity contribution is -0.109. The zero-order valence-electron chi connectivity index (χ0n) is 8.21. The molecule has 0 aromatic heterocycles. The number of carbonyl (C=O) groups excluding carboxylic acids is 1. The molecule has 0 N–H and O–H groups in total. The molecule has 12 heavy (non-hydrogen) atoms. The summed E-state index contributed by atoms with van der Waals surface area (Å²) in [6.45, 7) is 6.70. The number of hydrogen-bond donors (Lipinski definition) is 0. The van der Waals surface area contributed by atoms with E-state index in [2.05, 4.69) is 32.9 Å². The summed E-state index contributed by atoms with van der Waals surface area (Å²) in [5.74, 6) is 1.08. The van der Waals surface area contributed by atoms with Crippen LogP contribution in [-0.2, 0) is 4.79 Å². The van der Waals surface area contributed by atoms with Crippen LogP contribution in [0.4, 0.5) is 0 Å². The van der Waals surface area contributed by atoms with Crippen molar-refractivity contribution in [3.63, 3.8) is 0 Å². The summed E-state index contributed by atoms with van der Waals surface area (Å²) < 4.78 is 0. The van der Waals surface area contributed by atoms with Gasteiger partial charge in [-0.15, -0.1) is 0 Å². The van der Waals surface area contributed by atoms with Crippen molar-refractivity contribution in [2.45, 2.75) is 33.6 Å². The van der Waals surface area contributed by atoms with Crippen molar-refractivity contribution in [2.24, 2.45) is 17.3 Å². The van der Waals surface area contributed by atoms with Gasteiger partial charge in [-0.05, 0) is 23.7 Å². The molecular weight excluding hydrogens is 148 g/mol. The van der Waals surface area contributed by atoms with Crippen molar-refractivity contribution in [1.29, 1.82) is 0 Å². The number of rotatable bonds is 2. The SMILES string of the molecule is C[C@@H]1C=CCC(C)(C)[C@H]1CC=O. The van der Waals surface area contributed by atoms with Gasteiger partial charge >= 0.3 is 0 Å². The largest absolute Gasteiger partial charge is 0.303 e. The minimum absolute atomic E-state index is 0.301. The normalized spacial score (nSPS) is 33.2. The number of allylic oxidation sites excluding steroid dienone is 2. The van der Waals surface area contributed by atoms with E-state index in [4.69, 9.17) is 0 Å². The molecule has 0 heterocycles. The van der Waals surface area contributed by atoms with Gasteiger partial charge in [0.2, 0.25) is 0 Å². The van der Waals surface area contributed by atoms with Crippen LogP contribution in [-0.4, -0.2) is 6.29 Å². The summed E-state index contributed by atoms with van der Waals surface area (Å²) in [5.41, 5.74) is 0.301. The summed E-state index contributed by atoms with van der Waals surface area (Å²) in [4.78, 5) is 10.5. The van der Waals surface area contributed by atoms with Gasteiger partial charge in [-0.3, -0.25) is 0 Å². The van der Waals surface area contributed by atoms with Crippen LogP contribution in [0.5, 0.6) is 0 Å². The molecule has 0 aromatic rings. The minimum atomic E-state index is 0.301. The van der Waals surface area contributed by atoms with Crippen LogP contribution in [0.25, 0.3) is 0 Å². The molecule has 1 heteroatoms. The van der Waals surface area contributed by atoms with Gasteiger partial charge in [-0.2, -0.15) is 0 Å². The Bertz CT molecular complexity index is 191. The average Bonchev–Trinajstić information content (AvgIpc) is 1.97. The Balaban J connectivity index is 2.76. The second-order valence-corrected chi connectivity index (χ2v) is 4.49. The Morgan fingerprint density at radius 3 is 2.75 bits per heavy atom. The predicted octanol–water partition coefficient (Wildman–Crippen LogP) is 2.81. The fourth-order valence-corrected chi connectivity index (χ4v) is 2.22. The molecule has 0 spiro atoms. The smallest absolute Gasteiger partial charge is 0.120 e. The Hall–Kier alpha value is -0.590. The maximum atomic E-state index is 10.5. The molecule has 0 unspecified atom stereocenters. The first-order chi connectivity index (χ1) is 5.58. The van der Waals surface area contributed by atoms with Crippen molar-refractivity contribution < 1.29 is 4.79 Å². The maximum Gasteiger partial charge on any atom is 0.120 e. The lowest BCUT2D eigenvalue weighted by Crippen LogP contribution is -2.31. The lowest BCUT2D eigenvalue weighted by Gasteiger charge is -2.38. The molecule has 0 radical (unpaired) electrons. The van der Waals surface area contributed by atoms with Crippen LogP contribution in [0.3, 0.4) is 0 Å². The van der Waals surface area contributed by atoms with E-state index in [9.17, 15) is 4.79 Å². The van der Waals surface area contributed by atoms with E-state index in [0.29, 0.717) is 23.7 Å². The highest BCUT2D eigenvalue weighted by atomic mass is 16.1. The van der Waals surface area contributed by atoms with E-state index in [0.717, 1.165) is 12.7 Å². The summed E-state index contributed by atoms with van der Waals surface area (Å²) in [6, 6.07) is 0. The topological polar surface area (TPSA) is 17.1 Å². The molecule has 1 nitrogen and oxygen atoms in total. The highest BCUT2D eigenvalue weighted by Gasteiger charge is 2.33. The molecule has 1 aliphatic carbocycles. The molecule has 0 saturated carbocycles. The zero-order valence-corrected chi connectivity index (χ0v) is 8.21. The van der Waals surface area contributed by atoms with Gasteiger partial charge in [0.25, 0.3) is 0 Å². The molecule has 1 aliphatic rings. The van der Waals surface area contributed by atoms with Crippen LogP contribution in [0.2, 0.25) is 0 Å². The van der Waals surface area contributed by atoms with Crippen molar-refractivity contribution in [1.82, 2.24) is 0 Å². The van der Waals surface area contributed by atoms with Crippen molar-refractivity contribution >= 4 is 6.29 Å². The van der Waals surface area contributed by atoms with E-state index in [1.165, 1.54) is 0 Å². The van der Waals surface area contributed by atoms with E-state index < -0.39 is 0 Å². The molecule has 1 rings (SSSR count). The third-order valence-corrected chi connectivity index (χ3v) is 3.07. The molecular formula is C11H18O. The lowest BCUT2D eigenvalue weighted by atomic mass is 9.66. The van der Waals surface area contributed by atoms with E-state index >= 15 is 0 Å². The van der Waals surface area contributed by atoms with Gasteiger partial charge in [0, 0.05) is 6.42 Å². The van der Waals surface area contributed by atoms with Gasteiger partial charge in [0.1, 0.15) is 6.29 Å². The minimum Gasteiger partial charge on any atom is -0.303 e. The maximum absolute atomic E-state index is 10.5. The third-order valence-electron chi connectivity index (χ3n) is 3.07. The fraction of sp³-hybridized carbons (Fsp3) is 0.727. The van der Waals surface area contributed by atoms with Crippen LogP contribution < -0.4 is 0 Å². The average molecular weight is 166 g/mol. The molecule has 2 atom stereocenters. The number of hydrogen-bond acceptors (Lipinski definition) is 1. The molecule has 0 aromatic carbocycles. The van der Waals surface area contributed by atoms with Crippen LogP contribution in [0, 0.1) is 17.3 Å². The molecule has 0 amide bonds. The third kappa shape index (κ3) is 1.77. The van der Waals surface area contributed by atoms with Crippen molar-refractivity contribution in [3.8, 4) is 0 Å². The van der Waals surface area contributed by atoms with Gasteiger partial charge in [0.05, 0.1) is 0 Å². The Morgan fingerprint density at radius 1 is 1.58 bits per heavy atom. The first kappa shape index (κ1) is 9.50. The van der Waals surface area contributed by atoms with Gasteiger partial charge in [0.15, 0.2) is 0 Å². The molecule has 68 valence electrons. The van der Waals surface area contributed by atoms with Gasteiger partial charge in [-0.1, -0.05) is 32.9 Å². The summed E-state index contributed by atoms with van der Waals surface area (Å²) in [6.07, 6.45) is 7.35. The zero-order chi connectivity index (χ0) is 9.19. The molecule has 0 fully saturated rings. The highest BCUT2D eigenvalue weighted by molar-refractivity contribution is 5.50. The molecule has 0 aliphatic heterocycles. The Labute approximate surface area is 74.9 Å². The van der Waals surface area contributed by atoms with E-state index in [1.807, 2.05) is 0 Å². The van der Waals surface area contributed by atoms with Crippen LogP contribution in [0.15, 0.2) is 12.2 Å². The summed E-state index contributed by atoms with van der Waals surface area (Å²) in [7, 11) is 0. The Morgan fingerprint density at radius 2 is 2.25 bits per heavy atom. The van der Waals surface area contributed by atoms with Gasteiger partial charge in [-0.25, -0.2) is 0 Å². The molecule has 0 bridgehead atoms. The number of aldehydes is 1. The van der Waals surface area contributed by atoms with Crippen molar-refractivity contribution in [3.05, 3.63) is 12.2 Å². The second kappa shape index (κ2) is 3.42. The second-order valence-electron chi connectivity index (χ2n) is 4.49. The Kier molecular flexibility index (Phi) is 2.71. The van der Waals surface area contributed by atoms with E-state index in [-0.39, 0.29) is 0 Å². The monoisotopic (exact) mass is 166 g/mol. The quantitative estimate of drug-likeness (QED) is 0.455. The number of carbonyl (C=O) groups is 1. The van der Waals surface area contributed by atoms with Crippen LogP contribution >= 0.6 is 0 Å². The van der Waals surface area contributed by atoms with Crippen molar-refractivity contribution in [2.75, 3.05) is 0 Å². The van der Waals surface area contributed by atoms with Crippen LogP contribution in [0.1, 0.15) is 33.6 Å². The summed E-state index contributed by atoms with van der Waals surface area (Å²) in [5, 5.41) is 0. The fourth-order valence-electron chi connectivity index (χ4n) is 2.22. The standard InChI is InChI=1S/C11H18O/c1-9-5-4-7-11(2,3)10(9)6-8-12/h4-5,8-10H,6-7H2,1-3H3/t9-,10+/m1/s1. The predicted molar refractivity (Wildman–Crippen MR) is 50.9 cm³/mol.